The molecule has 1 aromatic heterocycles. The molecule has 1 fully saturated rings. The van der Waals surface area contributed by atoms with Crippen molar-refractivity contribution in [1.82, 2.24) is 9.55 Å². The third-order valence-electron chi connectivity index (χ3n) is 4.75. The molecule has 1 atom stereocenters. The van der Waals surface area contributed by atoms with Crippen molar-refractivity contribution in [3.8, 4) is 0 Å². The van der Waals surface area contributed by atoms with Crippen LogP contribution in [0.5, 0.6) is 0 Å². The summed E-state index contributed by atoms with van der Waals surface area (Å²) in [6.45, 7) is 4.57. The Hall–Kier alpha value is -1.31. The summed E-state index contributed by atoms with van der Waals surface area (Å²) >= 11 is 0. The second-order valence-electron chi connectivity index (χ2n) is 6.00. The van der Waals surface area contributed by atoms with Gasteiger partial charge in [0.15, 0.2) is 0 Å². The molecule has 0 spiro atoms. The number of fused-ring (bicyclic) bond motifs is 1. The van der Waals surface area contributed by atoms with E-state index < -0.39 is 0 Å². The van der Waals surface area contributed by atoms with Crippen molar-refractivity contribution in [1.29, 1.82) is 0 Å². The quantitative estimate of drug-likeness (QED) is 0.751. The van der Waals surface area contributed by atoms with Gasteiger partial charge in [0.1, 0.15) is 0 Å². The summed E-state index contributed by atoms with van der Waals surface area (Å²) in [7, 11) is 0. The standard InChI is InChI=1S/C17H24N2/c1-3-13(2)14-9-10-16-17(11-14)19(12-18-16)15-7-5-4-6-8-15/h9-13,15H,3-8H2,1-2H3. The van der Waals surface area contributed by atoms with Crippen LogP contribution in [0.1, 0.15) is 69.9 Å². The van der Waals surface area contributed by atoms with Crippen molar-refractivity contribution in [2.24, 2.45) is 0 Å². The van der Waals surface area contributed by atoms with Crippen LogP contribution in [0.2, 0.25) is 0 Å². The molecule has 1 aliphatic rings. The predicted molar refractivity (Wildman–Crippen MR) is 80.6 cm³/mol. The summed E-state index contributed by atoms with van der Waals surface area (Å²) in [5, 5.41) is 0. The van der Waals surface area contributed by atoms with Gasteiger partial charge in [-0.2, -0.15) is 0 Å². The normalized spacial score (nSPS) is 18.8. The Balaban J connectivity index is 1.99. The van der Waals surface area contributed by atoms with Crippen LogP contribution in [-0.2, 0) is 0 Å². The van der Waals surface area contributed by atoms with Crippen molar-refractivity contribution < 1.29 is 0 Å². The van der Waals surface area contributed by atoms with Crippen molar-refractivity contribution in [3.63, 3.8) is 0 Å². The van der Waals surface area contributed by atoms with E-state index in [2.05, 4.69) is 47.9 Å². The van der Waals surface area contributed by atoms with Gasteiger partial charge in [-0.05, 0) is 42.9 Å². The van der Waals surface area contributed by atoms with Gasteiger partial charge in [0.05, 0.1) is 17.4 Å². The average Bonchev–Trinajstić information content (AvgIpc) is 2.90. The van der Waals surface area contributed by atoms with Crippen LogP contribution in [0.15, 0.2) is 24.5 Å². The Morgan fingerprint density at radius 2 is 2.05 bits per heavy atom. The lowest BCUT2D eigenvalue weighted by molar-refractivity contribution is 0.359. The van der Waals surface area contributed by atoms with Gasteiger partial charge in [-0.1, -0.05) is 39.2 Å². The number of imidazole rings is 1. The first-order valence-electron chi connectivity index (χ1n) is 7.76. The number of rotatable bonds is 3. The fraction of sp³-hybridized carbons (Fsp3) is 0.588. The lowest BCUT2D eigenvalue weighted by Crippen LogP contribution is -2.11. The topological polar surface area (TPSA) is 17.8 Å². The van der Waals surface area contributed by atoms with Gasteiger partial charge >= 0.3 is 0 Å². The van der Waals surface area contributed by atoms with E-state index in [1.807, 2.05) is 0 Å². The van der Waals surface area contributed by atoms with Crippen molar-refractivity contribution in [3.05, 3.63) is 30.1 Å². The molecular formula is C17H24N2. The molecule has 2 aromatic rings. The smallest absolute Gasteiger partial charge is 0.0960 e. The van der Waals surface area contributed by atoms with Crippen molar-refractivity contribution >= 4 is 11.0 Å². The molecule has 0 N–H and O–H groups in total. The molecule has 1 heterocycles. The van der Waals surface area contributed by atoms with E-state index in [1.54, 1.807) is 0 Å². The molecule has 1 saturated carbocycles. The van der Waals surface area contributed by atoms with E-state index in [1.165, 1.54) is 49.6 Å². The third-order valence-corrected chi connectivity index (χ3v) is 4.75. The first-order chi connectivity index (χ1) is 9.29. The molecule has 1 aliphatic carbocycles. The fourth-order valence-electron chi connectivity index (χ4n) is 3.24. The highest BCUT2D eigenvalue weighted by atomic mass is 15.1. The average molecular weight is 256 g/mol. The summed E-state index contributed by atoms with van der Waals surface area (Å²) in [4.78, 5) is 4.58. The minimum atomic E-state index is 0.638. The van der Waals surface area contributed by atoms with Gasteiger partial charge in [0, 0.05) is 6.04 Å². The Morgan fingerprint density at radius 1 is 1.26 bits per heavy atom. The third kappa shape index (κ3) is 2.41. The largest absolute Gasteiger partial charge is 0.327 e. The minimum absolute atomic E-state index is 0.638. The second-order valence-corrected chi connectivity index (χ2v) is 6.00. The minimum Gasteiger partial charge on any atom is -0.327 e. The van der Waals surface area contributed by atoms with E-state index in [0.717, 1.165) is 5.52 Å². The maximum Gasteiger partial charge on any atom is 0.0960 e. The second kappa shape index (κ2) is 5.36. The monoisotopic (exact) mass is 256 g/mol. The zero-order valence-corrected chi connectivity index (χ0v) is 12.1. The molecule has 0 radical (unpaired) electrons. The highest BCUT2D eigenvalue weighted by Gasteiger charge is 2.17. The van der Waals surface area contributed by atoms with Crippen LogP contribution < -0.4 is 0 Å². The van der Waals surface area contributed by atoms with E-state index in [-0.39, 0.29) is 0 Å². The Labute approximate surface area is 115 Å². The van der Waals surface area contributed by atoms with E-state index in [4.69, 9.17) is 0 Å². The van der Waals surface area contributed by atoms with Crippen LogP contribution >= 0.6 is 0 Å². The summed E-state index contributed by atoms with van der Waals surface area (Å²) in [5.74, 6) is 0.638. The molecule has 102 valence electrons. The molecular weight excluding hydrogens is 232 g/mol. The summed E-state index contributed by atoms with van der Waals surface area (Å²) < 4.78 is 2.43. The summed E-state index contributed by atoms with van der Waals surface area (Å²) in [5.41, 5.74) is 3.94. The Bertz CT molecular complexity index is 549. The molecule has 2 heteroatoms. The Kier molecular flexibility index (Phi) is 3.58. The van der Waals surface area contributed by atoms with E-state index >= 15 is 0 Å². The molecule has 0 bridgehead atoms. The highest BCUT2D eigenvalue weighted by Crippen LogP contribution is 2.32. The lowest BCUT2D eigenvalue weighted by Gasteiger charge is -2.23. The molecule has 0 saturated heterocycles. The molecule has 3 rings (SSSR count). The number of nitrogens with zero attached hydrogens (tertiary/aromatic N) is 2. The van der Waals surface area contributed by atoms with E-state index in [9.17, 15) is 0 Å². The van der Waals surface area contributed by atoms with Crippen LogP contribution in [0.25, 0.3) is 11.0 Å². The number of aromatic nitrogens is 2. The first kappa shape index (κ1) is 12.7. The summed E-state index contributed by atoms with van der Waals surface area (Å²) in [6, 6.07) is 7.47. The lowest BCUT2D eigenvalue weighted by atomic mass is 9.94. The van der Waals surface area contributed by atoms with Crippen LogP contribution in [0, 0.1) is 0 Å². The van der Waals surface area contributed by atoms with Crippen LogP contribution in [0.3, 0.4) is 0 Å². The fourth-order valence-corrected chi connectivity index (χ4v) is 3.24. The van der Waals surface area contributed by atoms with Crippen molar-refractivity contribution in [2.75, 3.05) is 0 Å². The summed E-state index contributed by atoms with van der Waals surface area (Å²) in [6.07, 6.45) is 10.0. The molecule has 0 aliphatic heterocycles. The maximum atomic E-state index is 4.58. The SMILES string of the molecule is CCC(C)c1ccc2ncn(C3CCCCC3)c2c1. The zero-order chi connectivity index (χ0) is 13.2. The number of hydrogen-bond acceptors (Lipinski definition) is 1. The predicted octanol–water partition coefficient (Wildman–Crippen LogP) is 5.06. The number of benzene rings is 1. The van der Waals surface area contributed by atoms with Crippen LogP contribution in [0.4, 0.5) is 0 Å². The first-order valence-corrected chi connectivity index (χ1v) is 7.76. The van der Waals surface area contributed by atoms with Gasteiger partial charge < -0.3 is 4.57 Å². The van der Waals surface area contributed by atoms with Gasteiger partial charge in [0.25, 0.3) is 0 Å². The zero-order valence-electron chi connectivity index (χ0n) is 12.1. The highest BCUT2D eigenvalue weighted by molar-refractivity contribution is 5.76. The van der Waals surface area contributed by atoms with Crippen LogP contribution in [-0.4, -0.2) is 9.55 Å². The van der Waals surface area contributed by atoms with Crippen molar-refractivity contribution in [2.45, 2.75) is 64.3 Å². The Morgan fingerprint density at radius 3 is 2.79 bits per heavy atom. The number of hydrogen-bond donors (Lipinski definition) is 0. The maximum absolute atomic E-state index is 4.58. The molecule has 19 heavy (non-hydrogen) atoms. The molecule has 0 amide bonds. The van der Waals surface area contributed by atoms with Gasteiger partial charge in [-0.25, -0.2) is 4.98 Å². The molecule has 1 unspecified atom stereocenters. The van der Waals surface area contributed by atoms with Gasteiger partial charge in [-0.15, -0.1) is 0 Å². The van der Waals surface area contributed by atoms with Gasteiger partial charge in [0.2, 0.25) is 0 Å². The molecule has 2 nitrogen and oxygen atoms in total. The van der Waals surface area contributed by atoms with E-state index in [0.29, 0.717) is 12.0 Å². The van der Waals surface area contributed by atoms with Gasteiger partial charge in [-0.3, -0.25) is 0 Å². The molecule has 1 aromatic carbocycles.